The van der Waals surface area contributed by atoms with Gasteiger partial charge in [0.25, 0.3) is 0 Å². The van der Waals surface area contributed by atoms with E-state index >= 15 is 0 Å². The largest absolute Gasteiger partial charge is 0.508 e. The molecule has 3 aromatic rings. The molecule has 3 rings (SSSR count). The Morgan fingerprint density at radius 1 is 1.09 bits per heavy atom. The smallest absolute Gasteiger partial charge is 0.200 e. The van der Waals surface area contributed by atoms with Crippen molar-refractivity contribution in [1.82, 2.24) is 0 Å². The molecule has 22 heavy (non-hydrogen) atoms. The third-order valence-corrected chi connectivity index (χ3v) is 3.45. The minimum absolute atomic E-state index is 0.0719. The zero-order chi connectivity index (χ0) is 15.9. The first-order valence-corrected chi connectivity index (χ1v) is 6.56. The van der Waals surface area contributed by atoms with Crippen molar-refractivity contribution >= 4 is 16.8 Å². The molecule has 0 aliphatic heterocycles. The Labute approximate surface area is 125 Å². The summed E-state index contributed by atoms with van der Waals surface area (Å²) < 4.78 is 5.39. The van der Waals surface area contributed by atoms with Gasteiger partial charge in [-0.05, 0) is 30.7 Å². The van der Waals surface area contributed by atoms with Gasteiger partial charge in [-0.15, -0.1) is 0 Å². The number of benzene rings is 2. The summed E-state index contributed by atoms with van der Waals surface area (Å²) in [6.07, 6.45) is 1.30. The molecule has 0 aliphatic carbocycles. The lowest BCUT2D eigenvalue weighted by Crippen LogP contribution is -2.06. The second kappa shape index (κ2) is 5.04. The number of rotatable bonds is 2. The molecule has 0 amide bonds. The number of hydrogen-bond donors (Lipinski definition) is 2. The van der Waals surface area contributed by atoms with Gasteiger partial charge in [-0.3, -0.25) is 9.59 Å². The summed E-state index contributed by atoms with van der Waals surface area (Å²) in [7, 11) is 0. The number of hydrogen-bond acceptors (Lipinski definition) is 5. The van der Waals surface area contributed by atoms with Gasteiger partial charge in [0, 0.05) is 6.07 Å². The summed E-state index contributed by atoms with van der Waals surface area (Å²) in [6, 6.07) is 8.73. The summed E-state index contributed by atoms with van der Waals surface area (Å²) in [5.74, 6) is -0.466. The summed E-state index contributed by atoms with van der Waals surface area (Å²) in [4.78, 5) is 24.1. The van der Waals surface area contributed by atoms with Crippen LogP contribution in [0.3, 0.4) is 0 Å². The van der Waals surface area contributed by atoms with Gasteiger partial charge in [-0.2, -0.15) is 0 Å². The lowest BCUT2D eigenvalue weighted by molar-refractivity contribution is 0.101. The van der Waals surface area contributed by atoms with Gasteiger partial charge in [0.05, 0.1) is 16.5 Å². The van der Waals surface area contributed by atoms with Crippen LogP contribution in [-0.4, -0.2) is 16.0 Å². The molecule has 5 heteroatoms. The van der Waals surface area contributed by atoms with Crippen molar-refractivity contribution in [2.75, 3.05) is 0 Å². The van der Waals surface area contributed by atoms with Crippen LogP contribution in [-0.2, 0) is 0 Å². The number of phenolic OH excluding ortho intramolecular Hbond substituents is 2. The Morgan fingerprint density at radius 3 is 2.41 bits per heavy atom. The van der Waals surface area contributed by atoms with E-state index in [1.807, 2.05) is 0 Å². The Kier molecular flexibility index (Phi) is 3.18. The molecule has 0 unspecified atom stereocenters. The van der Waals surface area contributed by atoms with Gasteiger partial charge in [-0.25, -0.2) is 0 Å². The van der Waals surface area contributed by atoms with E-state index < -0.39 is 0 Å². The molecule has 0 radical (unpaired) electrons. The van der Waals surface area contributed by atoms with Crippen molar-refractivity contribution in [2.45, 2.75) is 6.92 Å². The number of Topliss-reactive ketones (excluding diaryl/α,β-unsaturated/α-hetero) is 1. The number of ketones is 1. The number of fused-ring (bicyclic) bond motifs is 1. The fourth-order valence-electron chi connectivity index (χ4n) is 2.29. The SMILES string of the molecule is CC(=O)c1cc2c(=O)c(-c3ccc(O)cc3)coc2cc1O. The van der Waals surface area contributed by atoms with Crippen molar-refractivity contribution in [3.63, 3.8) is 0 Å². The number of carbonyl (C=O) groups is 1. The van der Waals surface area contributed by atoms with Crippen molar-refractivity contribution in [2.24, 2.45) is 0 Å². The molecule has 0 fully saturated rings. The van der Waals surface area contributed by atoms with Gasteiger partial charge in [0.15, 0.2) is 5.78 Å². The fourth-order valence-corrected chi connectivity index (χ4v) is 2.29. The second-order valence-corrected chi connectivity index (χ2v) is 4.95. The first-order valence-electron chi connectivity index (χ1n) is 6.56. The molecule has 0 spiro atoms. The molecule has 0 saturated heterocycles. The molecule has 5 nitrogen and oxygen atoms in total. The Balaban J connectivity index is 2.29. The highest BCUT2D eigenvalue weighted by Crippen LogP contribution is 2.26. The van der Waals surface area contributed by atoms with Crippen LogP contribution >= 0.6 is 0 Å². The summed E-state index contributed by atoms with van der Waals surface area (Å²) in [5, 5.41) is 19.3. The zero-order valence-electron chi connectivity index (χ0n) is 11.7. The Bertz CT molecular complexity index is 936. The lowest BCUT2D eigenvalue weighted by atomic mass is 10.0. The van der Waals surface area contributed by atoms with E-state index in [9.17, 15) is 19.8 Å². The van der Waals surface area contributed by atoms with Crippen LogP contribution in [0.2, 0.25) is 0 Å². The number of aromatic hydroxyl groups is 2. The normalized spacial score (nSPS) is 10.8. The third kappa shape index (κ3) is 2.22. The molecule has 2 N–H and O–H groups in total. The Morgan fingerprint density at radius 2 is 1.77 bits per heavy atom. The monoisotopic (exact) mass is 296 g/mol. The minimum atomic E-state index is -0.339. The first kappa shape index (κ1) is 13.9. The van der Waals surface area contributed by atoms with E-state index in [1.165, 1.54) is 37.5 Å². The molecule has 1 heterocycles. The van der Waals surface area contributed by atoms with E-state index in [1.54, 1.807) is 12.1 Å². The maximum Gasteiger partial charge on any atom is 0.200 e. The predicted molar refractivity (Wildman–Crippen MR) is 81.3 cm³/mol. The summed E-state index contributed by atoms with van der Waals surface area (Å²) in [6.45, 7) is 1.31. The van der Waals surface area contributed by atoms with E-state index in [0.29, 0.717) is 11.1 Å². The second-order valence-electron chi connectivity index (χ2n) is 4.95. The summed E-state index contributed by atoms with van der Waals surface area (Å²) >= 11 is 0. The van der Waals surface area contributed by atoms with Crippen molar-refractivity contribution in [1.29, 1.82) is 0 Å². The number of carbonyl (C=O) groups excluding carboxylic acids is 1. The molecular formula is C17H12O5. The van der Waals surface area contributed by atoms with Crippen LogP contribution in [0, 0.1) is 0 Å². The quantitative estimate of drug-likeness (QED) is 0.709. The average molecular weight is 296 g/mol. The van der Waals surface area contributed by atoms with Crippen molar-refractivity contribution < 1.29 is 19.4 Å². The van der Waals surface area contributed by atoms with Crippen molar-refractivity contribution in [3.05, 3.63) is 58.4 Å². The first-order chi connectivity index (χ1) is 10.5. The van der Waals surface area contributed by atoms with Crippen LogP contribution in [0.1, 0.15) is 17.3 Å². The lowest BCUT2D eigenvalue weighted by Gasteiger charge is -2.06. The van der Waals surface area contributed by atoms with Crippen LogP contribution in [0.5, 0.6) is 11.5 Å². The predicted octanol–water partition coefficient (Wildman–Crippen LogP) is 3.07. The molecule has 1 aromatic heterocycles. The molecule has 0 saturated carbocycles. The van der Waals surface area contributed by atoms with E-state index in [4.69, 9.17) is 4.42 Å². The van der Waals surface area contributed by atoms with Gasteiger partial charge in [0.1, 0.15) is 23.3 Å². The van der Waals surface area contributed by atoms with Crippen molar-refractivity contribution in [3.8, 4) is 22.6 Å². The van der Waals surface area contributed by atoms with Crippen LogP contribution in [0.4, 0.5) is 0 Å². The molecule has 0 atom stereocenters. The zero-order valence-corrected chi connectivity index (χ0v) is 11.7. The fraction of sp³-hybridized carbons (Fsp3) is 0.0588. The summed E-state index contributed by atoms with van der Waals surface area (Å²) in [5.41, 5.74) is 0.866. The van der Waals surface area contributed by atoms with Crippen LogP contribution in [0.15, 0.2) is 51.9 Å². The number of phenols is 2. The van der Waals surface area contributed by atoms with Gasteiger partial charge < -0.3 is 14.6 Å². The minimum Gasteiger partial charge on any atom is -0.508 e. The average Bonchev–Trinajstić information content (AvgIpc) is 2.48. The molecule has 0 bridgehead atoms. The maximum absolute atomic E-state index is 12.6. The molecular weight excluding hydrogens is 284 g/mol. The highest BCUT2D eigenvalue weighted by molar-refractivity contribution is 6.00. The maximum atomic E-state index is 12.6. The van der Waals surface area contributed by atoms with E-state index in [0.717, 1.165) is 0 Å². The highest BCUT2D eigenvalue weighted by atomic mass is 16.3. The van der Waals surface area contributed by atoms with Gasteiger partial charge in [0.2, 0.25) is 5.43 Å². The topological polar surface area (TPSA) is 87.7 Å². The van der Waals surface area contributed by atoms with Crippen LogP contribution < -0.4 is 5.43 Å². The Hall–Kier alpha value is -3.08. The van der Waals surface area contributed by atoms with Gasteiger partial charge >= 0.3 is 0 Å². The van der Waals surface area contributed by atoms with E-state index in [2.05, 4.69) is 0 Å². The van der Waals surface area contributed by atoms with E-state index in [-0.39, 0.29) is 39.2 Å². The third-order valence-electron chi connectivity index (χ3n) is 3.45. The highest BCUT2D eigenvalue weighted by Gasteiger charge is 2.14. The van der Waals surface area contributed by atoms with Crippen LogP contribution in [0.25, 0.3) is 22.1 Å². The molecule has 0 aliphatic rings. The molecule has 2 aromatic carbocycles. The van der Waals surface area contributed by atoms with Gasteiger partial charge in [-0.1, -0.05) is 12.1 Å². The molecule has 110 valence electrons. The standard InChI is InChI=1S/C17H12O5/c1-9(18)12-6-13-16(7-15(12)20)22-8-14(17(13)21)10-2-4-11(19)5-3-10/h2-8,19-20H,1H3.